The van der Waals surface area contributed by atoms with Gasteiger partial charge in [0.15, 0.2) is 0 Å². The van der Waals surface area contributed by atoms with Crippen LogP contribution < -0.4 is 16.0 Å². The third-order valence-corrected chi connectivity index (χ3v) is 3.18. The number of urea groups is 1. The molecule has 0 aromatic carbocycles. The van der Waals surface area contributed by atoms with E-state index in [-0.39, 0.29) is 31.3 Å². The predicted molar refractivity (Wildman–Crippen MR) is 73.1 cm³/mol. The van der Waals surface area contributed by atoms with Crippen LogP contribution in [-0.2, 0) is 9.59 Å². The zero-order chi connectivity index (χ0) is 15.1. The van der Waals surface area contributed by atoms with Crippen molar-refractivity contribution in [3.05, 3.63) is 0 Å². The van der Waals surface area contributed by atoms with Crippen LogP contribution in [0.2, 0.25) is 0 Å². The molecule has 1 aliphatic rings. The van der Waals surface area contributed by atoms with Crippen molar-refractivity contribution in [2.75, 3.05) is 13.1 Å². The summed E-state index contributed by atoms with van der Waals surface area (Å²) < 4.78 is 0. The third-order valence-electron chi connectivity index (χ3n) is 3.18. The van der Waals surface area contributed by atoms with E-state index >= 15 is 0 Å². The molecule has 0 bridgehead atoms. The minimum absolute atomic E-state index is 0.0582. The molecular weight excluding hydrogens is 262 g/mol. The van der Waals surface area contributed by atoms with E-state index in [2.05, 4.69) is 16.0 Å². The molecule has 0 aliphatic heterocycles. The fraction of sp³-hybridized carbons (Fsp3) is 0.769. The Labute approximate surface area is 118 Å². The molecule has 3 amide bonds. The van der Waals surface area contributed by atoms with Crippen molar-refractivity contribution in [1.82, 2.24) is 16.0 Å². The summed E-state index contributed by atoms with van der Waals surface area (Å²) in [6.45, 7) is 3.90. The maximum Gasteiger partial charge on any atom is 0.314 e. The van der Waals surface area contributed by atoms with Gasteiger partial charge in [-0.2, -0.15) is 0 Å². The average molecular weight is 285 g/mol. The van der Waals surface area contributed by atoms with Crippen LogP contribution in [0.3, 0.4) is 0 Å². The van der Waals surface area contributed by atoms with Crippen LogP contribution in [0.5, 0.6) is 0 Å². The normalized spacial score (nSPS) is 15.6. The Balaban J connectivity index is 2.12. The van der Waals surface area contributed by atoms with Gasteiger partial charge >= 0.3 is 12.0 Å². The first-order valence-corrected chi connectivity index (χ1v) is 6.94. The number of nitrogens with one attached hydrogen (secondary N) is 3. The van der Waals surface area contributed by atoms with Crippen LogP contribution in [0.1, 0.15) is 33.1 Å². The lowest BCUT2D eigenvalue weighted by Gasteiger charge is -2.16. The molecule has 1 fully saturated rings. The number of aliphatic carboxylic acids is 1. The van der Waals surface area contributed by atoms with Crippen LogP contribution in [-0.4, -0.2) is 42.1 Å². The van der Waals surface area contributed by atoms with Gasteiger partial charge in [0.1, 0.15) is 0 Å². The van der Waals surface area contributed by atoms with Gasteiger partial charge in [-0.3, -0.25) is 9.59 Å². The number of rotatable bonds is 8. The maximum atomic E-state index is 11.5. The standard InChI is InChI=1S/C13H23N3O4/c1-8(2)10(12(18)19)7-15-13(20)14-6-5-11(17)16-9-3-4-9/h8-10H,3-7H2,1-2H3,(H,16,17)(H,18,19)(H2,14,15,20). The Morgan fingerprint density at radius 2 is 1.85 bits per heavy atom. The SMILES string of the molecule is CC(C)C(CNC(=O)NCCC(=O)NC1CC1)C(=O)O. The second kappa shape index (κ2) is 7.72. The fourth-order valence-electron chi connectivity index (χ4n) is 1.69. The molecule has 1 unspecified atom stereocenters. The lowest BCUT2D eigenvalue weighted by molar-refractivity contribution is -0.142. The first-order valence-electron chi connectivity index (χ1n) is 6.94. The molecule has 1 atom stereocenters. The Bertz CT molecular complexity index is 367. The van der Waals surface area contributed by atoms with Gasteiger partial charge in [-0.1, -0.05) is 13.8 Å². The van der Waals surface area contributed by atoms with Crippen LogP contribution in [0.25, 0.3) is 0 Å². The van der Waals surface area contributed by atoms with Crippen LogP contribution in [0, 0.1) is 11.8 Å². The molecule has 7 nitrogen and oxygen atoms in total. The van der Waals surface area contributed by atoms with Crippen molar-refractivity contribution >= 4 is 17.9 Å². The summed E-state index contributed by atoms with van der Waals surface area (Å²) in [5.41, 5.74) is 0. The summed E-state index contributed by atoms with van der Waals surface area (Å²) in [7, 11) is 0. The molecule has 20 heavy (non-hydrogen) atoms. The van der Waals surface area contributed by atoms with Crippen molar-refractivity contribution in [2.24, 2.45) is 11.8 Å². The molecule has 1 rings (SSSR count). The highest BCUT2D eigenvalue weighted by Gasteiger charge is 2.23. The molecule has 0 spiro atoms. The van der Waals surface area contributed by atoms with Crippen molar-refractivity contribution in [3.63, 3.8) is 0 Å². The van der Waals surface area contributed by atoms with E-state index in [4.69, 9.17) is 5.11 Å². The van der Waals surface area contributed by atoms with Gasteiger partial charge in [0, 0.05) is 25.6 Å². The summed E-state index contributed by atoms with van der Waals surface area (Å²) >= 11 is 0. The minimum atomic E-state index is -0.927. The first-order chi connectivity index (χ1) is 9.40. The van der Waals surface area contributed by atoms with Gasteiger partial charge in [-0.25, -0.2) is 4.79 Å². The molecular formula is C13H23N3O4. The first kappa shape index (κ1) is 16.3. The van der Waals surface area contributed by atoms with Gasteiger partial charge in [0.25, 0.3) is 0 Å². The molecule has 7 heteroatoms. The lowest BCUT2D eigenvalue weighted by atomic mass is 9.96. The highest BCUT2D eigenvalue weighted by molar-refractivity contribution is 5.79. The van der Waals surface area contributed by atoms with E-state index in [0.717, 1.165) is 12.8 Å². The van der Waals surface area contributed by atoms with Crippen LogP contribution in [0.15, 0.2) is 0 Å². The van der Waals surface area contributed by atoms with E-state index in [0.29, 0.717) is 6.04 Å². The van der Waals surface area contributed by atoms with E-state index < -0.39 is 17.9 Å². The van der Waals surface area contributed by atoms with Crippen LogP contribution in [0.4, 0.5) is 4.79 Å². The lowest BCUT2D eigenvalue weighted by Crippen LogP contribution is -2.42. The predicted octanol–water partition coefficient (Wildman–Crippen LogP) is 0.311. The highest BCUT2D eigenvalue weighted by atomic mass is 16.4. The Morgan fingerprint density at radius 3 is 2.35 bits per heavy atom. The zero-order valence-electron chi connectivity index (χ0n) is 11.9. The van der Waals surface area contributed by atoms with Gasteiger partial charge in [0.2, 0.25) is 5.91 Å². The fourth-order valence-corrected chi connectivity index (χ4v) is 1.69. The summed E-state index contributed by atoms with van der Waals surface area (Å²) in [6, 6.07) is -0.130. The van der Waals surface area contributed by atoms with Crippen molar-refractivity contribution in [2.45, 2.75) is 39.2 Å². The molecule has 0 saturated heterocycles. The second-order valence-corrected chi connectivity index (χ2v) is 5.42. The summed E-state index contributed by atoms with van der Waals surface area (Å²) in [4.78, 5) is 33.8. The molecule has 0 radical (unpaired) electrons. The van der Waals surface area contributed by atoms with E-state index in [1.807, 2.05) is 0 Å². The third kappa shape index (κ3) is 6.40. The van der Waals surface area contributed by atoms with E-state index in [1.165, 1.54) is 0 Å². The van der Waals surface area contributed by atoms with Crippen molar-refractivity contribution in [1.29, 1.82) is 0 Å². The Kier molecular flexibility index (Phi) is 6.27. The van der Waals surface area contributed by atoms with E-state index in [1.54, 1.807) is 13.8 Å². The number of carbonyl (C=O) groups is 3. The summed E-state index contributed by atoms with van der Waals surface area (Å²) in [5, 5.41) is 16.8. The molecule has 0 heterocycles. The number of hydrogen-bond acceptors (Lipinski definition) is 3. The molecule has 1 saturated carbocycles. The molecule has 0 aromatic rings. The number of hydrogen-bond donors (Lipinski definition) is 4. The van der Waals surface area contributed by atoms with Gasteiger partial charge in [0.05, 0.1) is 5.92 Å². The monoisotopic (exact) mass is 285 g/mol. The largest absolute Gasteiger partial charge is 0.481 e. The quantitative estimate of drug-likeness (QED) is 0.515. The average Bonchev–Trinajstić information content (AvgIpc) is 3.12. The molecule has 4 N–H and O–H groups in total. The highest BCUT2D eigenvalue weighted by Crippen LogP contribution is 2.18. The molecule has 1 aliphatic carbocycles. The van der Waals surface area contributed by atoms with Gasteiger partial charge < -0.3 is 21.1 Å². The minimum Gasteiger partial charge on any atom is -0.481 e. The number of carboxylic acid groups (broad SMARTS) is 1. The van der Waals surface area contributed by atoms with E-state index in [9.17, 15) is 14.4 Å². The Morgan fingerprint density at radius 1 is 1.20 bits per heavy atom. The number of carboxylic acids is 1. The van der Waals surface area contributed by atoms with Gasteiger partial charge in [-0.05, 0) is 18.8 Å². The zero-order valence-corrected chi connectivity index (χ0v) is 11.9. The van der Waals surface area contributed by atoms with Crippen LogP contribution >= 0.6 is 0 Å². The Hall–Kier alpha value is -1.79. The molecule has 0 aromatic heterocycles. The number of carbonyl (C=O) groups excluding carboxylic acids is 2. The number of amides is 3. The second-order valence-electron chi connectivity index (χ2n) is 5.42. The van der Waals surface area contributed by atoms with Crippen molar-refractivity contribution in [3.8, 4) is 0 Å². The maximum absolute atomic E-state index is 11.5. The summed E-state index contributed by atoms with van der Waals surface area (Å²) in [6.07, 6.45) is 2.30. The summed E-state index contributed by atoms with van der Waals surface area (Å²) in [5.74, 6) is -1.67. The topological polar surface area (TPSA) is 108 Å². The van der Waals surface area contributed by atoms with Gasteiger partial charge in [-0.15, -0.1) is 0 Å². The molecule has 114 valence electrons. The van der Waals surface area contributed by atoms with Crippen molar-refractivity contribution < 1.29 is 19.5 Å². The smallest absolute Gasteiger partial charge is 0.314 e.